The first-order valence-corrected chi connectivity index (χ1v) is 5.18. The van der Waals surface area contributed by atoms with E-state index in [1.165, 1.54) is 0 Å². The molecule has 0 aromatic rings. The summed E-state index contributed by atoms with van der Waals surface area (Å²) < 4.78 is 113. The summed E-state index contributed by atoms with van der Waals surface area (Å²) in [4.78, 5) is 11.2. The Balaban J connectivity index is 6.41. The molecular formula is C9H10F9NO. The molecule has 0 aliphatic heterocycles. The number of carbonyl (C=O) groups excluding carboxylic acids is 1. The lowest BCUT2D eigenvalue weighted by Gasteiger charge is -2.39. The third kappa shape index (κ3) is 2.66. The van der Waals surface area contributed by atoms with Crippen molar-refractivity contribution in [3.63, 3.8) is 0 Å². The first-order valence-electron chi connectivity index (χ1n) is 5.18. The Labute approximate surface area is 107 Å². The van der Waals surface area contributed by atoms with Gasteiger partial charge in [0.25, 0.3) is 5.91 Å². The van der Waals surface area contributed by atoms with Crippen LogP contribution < -0.4 is 0 Å². The fraction of sp³-hybridized carbons (Fsp3) is 0.889. The molecule has 0 atom stereocenters. The quantitative estimate of drug-likeness (QED) is 0.729. The van der Waals surface area contributed by atoms with Gasteiger partial charge in [-0.25, -0.2) is 0 Å². The van der Waals surface area contributed by atoms with Crippen LogP contribution in [0.1, 0.15) is 13.8 Å². The molecule has 0 heterocycles. The molecule has 0 aliphatic rings. The predicted molar refractivity (Wildman–Crippen MR) is 48.5 cm³/mol. The van der Waals surface area contributed by atoms with E-state index in [-0.39, 0.29) is 4.90 Å². The molecule has 20 heavy (non-hydrogen) atoms. The molecule has 0 aliphatic carbocycles. The maximum atomic E-state index is 12.6. The molecular weight excluding hydrogens is 309 g/mol. The van der Waals surface area contributed by atoms with Crippen molar-refractivity contribution in [3.8, 4) is 0 Å². The van der Waals surface area contributed by atoms with Crippen LogP contribution in [-0.4, -0.2) is 42.4 Å². The zero-order valence-electron chi connectivity index (χ0n) is 10.2. The summed E-state index contributed by atoms with van der Waals surface area (Å²) in [5, 5.41) is 0. The SMILES string of the molecule is CCN(CC)C(=O)C(C(F)(F)F)(C(F)(F)F)C(F)(F)F. The number of nitrogens with zero attached hydrogens (tertiary/aromatic N) is 1. The van der Waals surface area contributed by atoms with Crippen molar-refractivity contribution in [1.29, 1.82) is 0 Å². The number of hydrogen-bond donors (Lipinski definition) is 0. The van der Waals surface area contributed by atoms with Gasteiger partial charge in [0.1, 0.15) is 0 Å². The summed E-state index contributed by atoms with van der Waals surface area (Å²) in [6.45, 7) is 0.489. The number of carbonyl (C=O) groups is 1. The maximum Gasteiger partial charge on any atom is 0.421 e. The van der Waals surface area contributed by atoms with Crippen molar-refractivity contribution in [2.75, 3.05) is 13.1 Å². The highest BCUT2D eigenvalue weighted by Gasteiger charge is 2.88. The normalized spacial score (nSPS) is 14.3. The minimum absolute atomic E-state index is 0.158. The van der Waals surface area contributed by atoms with E-state index in [2.05, 4.69) is 0 Å². The molecule has 120 valence electrons. The minimum atomic E-state index is -6.86. The highest BCUT2D eigenvalue weighted by Crippen LogP contribution is 2.60. The van der Waals surface area contributed by atoms with Crippen LogP contribution in [0.5, 0.6) is 0 Å². The molecule has 0 saturated carbocycles. The van der Waals surface area contributed by atoms with Crippen molar-refractivity contribution < 1.29 is 44.3 Å². The van der Waals surface area contributed by atoms with Crippen LogP contribution in [0.2, 0.25) is 0 Å². The standard InChI is InChI=1S/C9H10F9NO/c1-3-19(4-2)5(20)6(7(10,11)12,8(13,14)15)9(16,17)18/h3-4H2,1-2H3. The number of alkyl halides is 9. The van der Waals surface area contributed by atoms with Gasteiger partial charge in [-0.1, -0.05) is 0 Å². The number of halogens is 9. The molecule has 0 radical (unpaired) electrons. The number of rotatable bonds is 3. The van der Waals surface area contributed by atoms with Gasteiger partial charge < -0.3 is 4.90 Å². The largest absolute Gasteiger partial charge is 0.421 e. The fourth-order valence-corrected chi connectivity index (χ4v) is 1.59. The van der Waals surface area contributed by atoms with Crippen LogP contribution in [0.15, 0.2) is 0 Å². The summed E-state index contributed by atoms with van der Waals surface area (Å²) in [6.07, 6.45) is -20.6. The molecule has 0 aromatic carbocycles. The fourth-order valence-electron chi connectivity index (χ4n) is 1.59. The third-order valence-corrected chi connectivity index (χ3v) is 2.65. The van der Waals surface area contributed by atoms with Gasteiger partial charge in [0.05, 0.1) is 0 Å². The van der Waals surface area contributed by atoms with Crippen molar-refractivity contribution in [3.05, 3.63) is 0 Å². The van der Waals surface area contributed by atoms with E-state index < -0.39 is 42.9 Å². The highest BCUT2D eigenvalue weighted by molar-refractivity contribution is 5.85. The van der Waals surface area contributed by atoms with E-state index in [1.807, 2.05) is 0 Å². The smallest absolute Gasteiger partial charge is 0.342 e. The van der Waals surface area contributed by atoms with Gasteiger partial charge in [0.15, 0.2) is 0 Å². The molecule has 0 aromatic heterocycles. The Morgan fingerprint density at radius 2 is 1.00 bits per heavy atom. The second kappa shape index (κ2) is 5.32. The van der Waals surface area contributed by atoms with Crippen molar-refractivity contribution in [2.45, 2.75) is 32.4 Å². The summed E-state index contributed by atoms with van der Waals surface area (Å²) in [5.74, 6) is -3.07. The Hall–Kier alpha value is -1.16. The molecule has 0 bridgehead atoms. The first-order chi connectivity index (χ1) is 8.68. The van der Waals surface area contributed by atoms with E-state index in [0.717, 1.165) is 13.8 Å². The van der Waals surface area contributed by atoms with E-state index in [0.29, 0.717) is 0 Å². The molecule has 1 amide bonds. The Morgan fingerprint density at radius 3 is 1.15 bits per heavy atom. The summed E-state index contributed by atoms with van der Waals surface area (Å²) in [6, 6.07) is 0. The van der Waals surface area contributed by atoms with E-state index in [9.17, 15) is 44.3 Å². The average Bonchev–Trinajstić information content (AvgIpc) is 2.12. The molecule has 0 fully saturated rings. The molecule has 11 heteroatoms. The minimum Gasteiger partial charge on any atom is -0.342 e. The molecule has 2 nitrogen and oxygen atoms in total. The van der Waals surface area contributed by atoms with Crippen LogP contribution in [0, 0.1) is 5.41 Å². The number of amides is 1. The molecule has 0 spiro atoms. The van der Waals surface area contributed by atoms with E-state index in [1.54, 1.807) is 0 Å². The second-order valence-corrected chi connectivity index (χ2v) is 3.72. The van der Waals surface area contributed by atoms with Gasteiger partial charge in [0, 0.05) is 13.1 Å². The van der Waals surface area contributed by atoms with Crippen molar-refractivity contribution in [1.82, 2.24) is 4.90 Å². The van der Waals surface area contributed by atoms with Crippen LogP contribution in [0.3, 0.4) is 0 Å². The maximum absolute atomic E-state index is 12.6. The Bertz CT molecular complexity index is 314. The lowest BCUT2D eigenvalue weighted by atomic mass is 9.83. The summed E-state index contributed by atoms with van der Waals surface area (Å²) in [5.41, 5.74) is -6.42. The van der Waals surface area contributed by atoms with Crippen LogP contribution in [-0.2, 0) is 4.79 Å². The zero-order chi connectivity index (χ0) is 16.6. The van der Waals surface area contributed by atoms with Crippen LogP contribution in [0.4, 0.5) is 39.5 Å². The second-order valence-electron chi connectivity index (χ2n) is 3.72. The van der Waals surface area contributed by atoms with Gasteiger partial charge in [-0.15, -0.1) is 0 Å². The summed E-state index contributed by atoms with van der Waals surface area (Å²) in [7, 11) is 0. The van der Waals surface area contributed by atoms with Crippen molar-refractivity contribution >= 4 is 5.91 Å². The topological polar surface area (TPSA) is 20.3 Å². The molecule has 0 unspecified atom stereocenters. The monoisotopic (exact) mass is 319 g/mol. The van der Waals surface area contributed by atoms with Gasteiger partial charge in [-0.3, -0.25) is 4.79 Å². The Morgan fingerprint density at radius 1 is 0.750 bits per heavy atom. The van der Waals surface area contributed by atoms with E-state index >= 15 is 0 Å². The lowest BCUT2D eigenvalue weighted by Crippen LogP contribution is -2.67. The molecule has 0 saturated heterocycles. The average molecular weight is 319 g/mol. The third-order valence-electron chi connectivity index (χ3n) is 2.65. The highest BCUT2D eigenvalue weighted by atomic mass is 19.4. The van der Waals surface area contributed by atoms with Gasteiger partial charge in [-0.05, 0) is 13.8 Å². The van der Waals surface area contributed by atoms with Gasteiger partial charge >= 0.3 is 23.9 Å². The predicted octanol–water partition coefficient (Wildman–Crippen LogP) is 3.53. The molecule has 0 N–H and O–H groups in total. The Kier molecular flexibility index (Phi) is 5.01. The van der Waals surface area contributed by atoms with Gasteiger partial charge in [0.2, 0.25) is 0 Å². The summed E-state index contributed by atoms with van der Waals surface area (Å²) >= 11 is 0. The van der Waals surface area contributed by atoms with Crippen LogP contribution in [0.25, 0.3) is 0 Å². The lowest BCUT2D eigenvalue weighted by molar-refractivity contribution is -0.409. The van der Waals surface area contributed by atoms with E-state index in [4.69, 9.17) is 0 Å². The zero-order valence-corrected chi connectivity index (χ0v) is 10.2. The van der Waals surface area contributed by atoms with Crippen molar-refractivity contribution in [2.24, 2.45) is 5.41 Å². The van der Waals surface area contributed by atoms with Crippen LogP contribution >= 0.6 is 0 Å². The number of hydrogen-bond acceptors (Lipinski definition) is 1. The first kappa shape index (κ1) is 18.8. The van der Waals surface area contributed by atoms with Gasteiger partial charge in [-0.2, -0.15) is 39.5 Å². The molecule has 0 rings (SSSR count).